The number of hydrogen-bond donors (Lipinski definition) is 1. The monoisotopic (exact) mass is 224 g/mol. The van der Waals surface area contributed by atoms with Crippen molar-refractivity contribution in [2.75, 3.05) is 6.61 Å². The van der Waals surface area contributed by atoms with Crippen LogP contribution in [0.3, 0.4) is 0 Å². The van der Waals surface area contributed by atoms with Crippen molar-refractivity contribution in [2.24, 2.45) is 0 Å². The number of aromatic amines is 1. The Balaban J connectivity index is 2.43. The number of imidazole rings is 1. The van der Waals surface area contributed by atoms with Crippen LogP contribution in [0.25, 0.3) is 11.0 Å². The largest absolute Gasteiger partial charge is 0.494 e. The van der Waals surface area contributed by atoms with Crippen LogP contribution >= 0.6 is 11.6 Å². The number of aromatic nitrogens is 2. The van der Waals surface area contributed by atoms with Gasteiger partial charge in [-0.25, -0.2) is 4.98 Å². The molecule has 2 rings (SSSR count). The Morgan fingerprint density at radius 1 is 1.53 bits per heavy atom. The molecule has 15 heavy (non-hydrogen) atoms. The van der Waals surface area contributed by atoms with E-state index in [2.05, 4.69) is 9.97 Å². The van der Waals surface area contributed by atoms with E-state index in [9.17, 15) is 0 Å². The number of ether oxygens (including phenoxy) is 1. The first-order chi connectivity index (χ1) is 7.20. The molecule has 4 heteroatoms. The molecule has 3 nitrogen and oxygen atoms in total. The van der Waals surface area contributed by atoms with Crippen LogP contribution in [0, 0.1) is 0 Å². The molecular formula is C11H13ClN2O. The maximum absolute atomic E-state index is 5.95. The predicted octanol–water partition coefficient (Wildman–Crippen LogP) is 3.26. The Hall–Kier alpha value is -1.22. The third-order valence-electron chi connectivity index (χ3n) is 2.16. The zero-order valence-electron chi connectivity index (χ0n) is 8.75. The van der Waals surface area contributed by atoms with Gasteiger partial charge < -0.3 is 9.72 Å². The normalized spacial score (nSPS) is 13.0. The summed E-state index contributed by atoms with van der Waals surface area (Å²) in [5, 5.41) is -0.104. The van der Waals surface area contributed by atoms with Crippen molar-refractivity contribution >= 4 is 22.6 Å². The number of alkyl halides is 1. The molecule has 0 aliphatic heterocycles. The van der Waals surface area contributed by atoms with Gasteiger partial charge in [0, 0.05) is 6.07 Å². The van der Waals surface area contributed by atoms with Gasteiger partial charge in [-0.3, -0.25) is 0 Å². The number of nitrogens with zero attached hydrogens (tertiary/aromatic N) is 1. The van der Waals surface area contributed by atoms with Crippen molar-refractivity contribution in [2.45, 2.75) is 19.2 Å². The van der Waals surface area contributed by atoms with Crippen LogP contribution in [0.2, 0.25) is 0 Å². The number of hydrogen-bond acceptors (Lipinski definition) is 2. The van der Waals surface area contributed by atoms with E-state index >= 15 is 0 Å². The molecule has 0 aliphatic rings. The smallest absolute Gasteiger partial charge is 0.125 e. The minimum atomic E-state index is -0.104. The van der Waals surface area contributed by atoms with E-state index in [0.29, 0.717) is 6.61 Å². The molecule has 1 aromatic heterocycles. The second-order valence-electron chi connectivity index (χ2n) is 3.35. The molecule has 0 radical (unpaired) electrons. The number of benzene rings is 1. The third-order valence-corrected chi connectivity index (χ3v) is 2.37. The molecule has 1 unspecified atom stereocenters. The summed E-state index contributed by atoms with van der Waals surface area (Å²) in [5.41, 5.74) is 1.88. The zero-order valence-corrected chi connectivity index (χ0v) is 9.51. The van der Waals surface area contributed by atoms with Crippen molar-refractivity contribution in [3.63, 3.8) is 0 Å². The molecule has 0 fully saturated rings. The van der Waals surface area contributed by atoms with E-state index in [1.165, 1.54) is 0 Å². The molecule has 80 valence electrons. The molecule has 0 amide bonds. The highest BCUT2D eigenvalue weighted by atomic mass is 35.5. The van der Waals surface area contributed by atoms with Crippen LogP contribution in [-0.2, 0) is 0 Å². The first-order valence-electron chi connectivity index (χ1n) is 4.97. The van der Waals surface area contributed by atoms with Gasteiger partial charge in [0.25, 0.3) is 0 Å². The van der Waals surface area contributed by atoms with Gasteiger partial charge in [0.2, 0.25) is 0 Å². The Morgan fingerprint density at radius 3 is 3.00 bits per heavy atom. The summed E-state index contributed by atoms with van der Waals surface area (Å²) >= 11 is 5.95. The van der Waals surface area contributed by atoms with E-state index in [0.717, 1.165) is 22.6 Å². The Kier molecular flexibility index (Phi) is 2.82. The van der Waals surface area contributed by atoms with Gasteiger partial charge in [-0.2, -0.15) is 0 Å². The van der Waals surface area contributed by atoms with Crippen LogP contribution in [0.5, 0.6) is 5.75 Å². The van der Waals surface area contributed by atoms with Crippen molar-refractivity contribution in [3.8, 4) is 5.75 Å². The first kappa shape index (κ1) is 10.3. The lowest BCUT2D eigenvalue weighted by molar-refractivity contribution is 0.340. The molecule has 0 aliphatic carbocycles. The fourth-order valence-corrected chi connectivity index (χ4v) is 1.56. The van der Waals surface area contributed by atoms with E-state index in [4.69, 9.17) is 16.3 Å². The standard InChI is InChI=1S/C11H13ClN2O/c1-3-15-8-4-5-9-10(6-8)14-11(13-9)7(2)12/h4-7H,3H2,1-2H3,(H,13,14). The molecule has 0 saturated carbocycles. The topological polar surface area (TPSA) is 37.9 Å². The molecule has 0 spiro atoms. The van der Waals surface area contributed by atoms with E-state index in [1.54, 1.807) is 0 Å². The summed E-state index contributed by atoms with van der Waals surface area (Å²) in [4.78, 5) is 7.54. The SMILES string of the molecule is CCOc1ccc2nc(C(C)Cl)[nH]c2c1. The number of H-pyrrole nitrogens is 1. The van der Waals surface area contributed by atoms with Gasteiger partial charge in [-0.1, -0.05) is 0 Å². The van der Waals surface area contributed by atoms with E-state index < -0.39 is 0 Å². The third kappa shape index (κ3) is 2.07. The average Bonchev–Trinajstić information content (AvgIpc) is 2.61. The van der Waals surface area contributed by atoms with Crippen molar-refractivity contribution in [1.82, 2.24) is 9.97 Å². The van der Waals surface area contributed by atoms with Gasteiger partial charge in [0.1, 0.15) is 11.6 Å². The zero-order chi connectivity index (χ0) is 10.8. The lowest BCUT2D eigenvalue weighted by atomic mass is 10.3. The summed E-state index contributed by atoms with van der Waals surface area (Å²) in [6, 6.07) is 5.78. The maximum atomic E-state index is 5.95. The first-order valence-corrected chi connectivity index (χ1v) is 5.41. The molecule has 2 aromatic rings. The Bertz CT molecular complexity index is 465. The molecular weight excluding hydrogens is 212 g/mol. The second-order valence-corrected chi connectivity index (χ2v) is 4.00. The van der Waals surface area contributed by atoms with E-state index in [1.807, 2.05) is 32.0 Å². The molecule has 1 aromatic carbocycles. The van der Waals surface area contributed by atoms with Gasteiger partial charge in [-0.05, 0) is 26.0 Å². The fraction of sp³-hybridized carbons (Fsp3) is 0.364. The molecule has 1 heterocycles. The summed E-state index contributed by atoms with van der Waals surface area (Å²) in [6.45, 7) is 4.52. The van der Waals surface area contributed by atoms with Gasteiger partial charge in [0.05, 0.1) is 23.0 Å². The summed E-state index contributed by atoms with van der Waals surface area (Å²) in [6.07, 6.45) is 0. The number of nitrogens with one attached hydrogen (secondary N) is 1. The minimum Gasteiger partial charge on any atom is -0.494 e. The summed E-state index contributed by atoms with van der Waals surface area (Å²) in [7, 11) is 0. The number of fused-ring (bicyclic) bond motifs is 1. The number of rotatable bonds is 3. The van der Waals surface area contributed by atoms with Crippen LogP contribution in [0.15, 0.2) is 18.2 Å². The van der Waals surface area contributed by atoms with Crippen LogP contribution in [0.4, 0.5) is 0 Å². The Morgan fingerprint density at radius 2 is 2.33 bits per heavy atom. The van der Waals surface area contributed by atoms with Crippen molar-refractivity contribution in [3.05, 3.63) is 24.0 Å². The highest BCUT2D eigenvalue weighted by Gasteiger charge is 2.08. The van der Waals surface area contributed by atoms with Crippen LogP contribution in [-0.4, -0.2) is 16.6 Å². The summed E-state index contributed by atoms with van der Waals surface area (Å²) < 4.78 is 5.40. The van der Waals surface area contributed by atoms with Gasteiger partial charge >= 0.3 is 0 Å². The highest BCUT2D eigenvalue weighted by molar-refractivity contribution is 6.20. The second kappa shape index (κ2) is 4.11. The lowest BCUT2D eigenvalue weighted by Crippen LogP contribution is -1.90. The molecule has 1 N–H and O–H groups in total. The molecule has 1 atom stereocenters. The van der Waals surface area contributed by atoms with Crippen molar-refractivity contribution < 1.29 is 4.74 Å². The molecule has 0 saturated heterocycles. The fourth-order valence-electron chi connectivity index (χ4n) is 1.45. The Labute approximate surface area is 93.4 Å². The van der Waals surface area contributed by atoms with E-state index in [-0.39, 0.29) is 5.38 Å². The number of halogens is 1. The lowest BCUT2D eigenvalue weighted by Gasteiger charge is -2.00. The van der Waals surface area contributed by atoms with Crippen LogP contribution < -0.4 is 4.74 Å². The molecule has 0 bridgehead atoms. The van der Waals surface area contributed by atoms with Gasteiger partial charge in [-0.15, -0.1) is 11.6 Å². The van der Waals surface area contributed by atoms with Crippen molar-refractivity contribution in [1.29, 1.82) is 0 Å². The average molecular weight is 225 g/mol. The van der Waals surface area contributed by atoms with Crippen LogP contribution in [0.1, 0.15) is 25.0 Å². The maximum Gasteiger partial charge on any atom is 0.125 e. The van der Waals surface area contributed by atoms with Gasteiger partial charge in [0.15, 0.2) is 0 Å². The minimum absolute atomic E-state index is 0.104. The predicted molar refractivity (Wildman–Crippen MR) is 61.5 cm³/mol. The highest BCUT2D eigenvalue weighted by Crippen LogP contribution is 2.23. The summed E-state index contributed by atoms with van der Waals surface area (Å²) in [5.74, 6) is 1.64. The quantitative estimate of drug-likeness (QED) is 0.813.